The van der Waals surface area contributed by atoms with Gasteiger partial charge in [-0.05, 0) is 20.8 Å². The van der Waals surface area contributed by atoms with Crippen molar-refractivity contribution in [3.63, 3.8) is 0 Å². The normalized spacial score (nSPS) is 15.1. The van der Waals surface area contributed by atoms with Crippen molar-refractivity contribution in [2.75, 3.05) is 0 Å². The van der Waals surface area contributed by atoms with Crippen LogP contribution < -0.4 is 5.73 Å². The summed E-state index contributed by atoms with van der Waals surface area (Å²) in [4.78, 5) is 16.0. The van der Waals surface area contributed by atoms with Gasteiger partial charge in [0.05, 0.1) is 6.42 Å². The molecule has 2 atom stereocenters. The van der Waals surface area contributed by atoms with Crippen molar-refractivity contribution < 1.29 is 4.79 Å². The zero-order chi connectivity index (χ0) is 12.3. The Morgan fingerprint density at radius 3 is 2.56 bits per heavy atom. The number of nitrogens with two attached hydrogens (primary N) is 1. The fourth-order valence-corrected chi connectivity index (χ4v) is 1.44. The van der Waals surface area contributed by atoms with E-state index in [9.17, 15) is 4.79 Å². The molecule has 1 aromatic rings. The lowest BCUT2D eigenvalue weighted by molar-refractivity contribution is -0.122. The second-order valence-corrected chi connectivity index (χ2v) is 4.51. The average Bonchev–Trinajstić information content (AvgIpc) is 2.64. The van der Waals surface area contributed by atoms with Gasteiger partial charge >= 0.3 is 0 Å². The summed E-state index contributed by atoms with van der Waals surface area (Å²) in [5, 5.41) is 4.10. The van der Waals surface area contributed by atoms with Gasteiger partial charge in [-0.25, -0.2) is 9.67 Å². The molecule has 0 amide bonds. The van der Waals surface area contributed by atoms with Gasteiger partial charge in [0.15, 0.2) is 0 Å². The van der Waals surface area contributed by atoms with Crippen molar-refractivity contribution in [2.45, 2.75) is 46.2 Å². The maximum absolute atomic E-state index is 11.9. The molecule has 16 heavy (non-hydrogen) atoms. The minimum Gasteiger partial charge on any atom is -0.327 e. The van der Waals surface area contributed by atoms with E-state index in [2.05, 4.69) is 10.1 Å². The maximum Gasteiger partial charge on any atom is 0.144 e. The van der Waals surface area contributed by atoms with E-state index in [1.54, 1.807) is 4.68 Å². The molecule has 0 bridgehead atoms. The third-order valence-corrected chi connectivity index (χ3v) is 2.77. The summed E-state index contributed by atoms with van der Waals surface area (Å²) in [5.74, 6) is 0.690. The van der Waals surface area contributed by atoms with Crippen LogP contribution in [-0.2, 0) is 11.2 Å². The van der Waals surface area contributed by atoms with Crippen LogP contribution in [0.2, 0.25) is 0 Å². The van der Waals surface area contributed by atoms with Crippen LogP contribution in [0, 0.1) is 5.92 Å². The molecule has 2 unspecified atom stereocenters. The molecule has 0 spiro atoms. The molecule has 0 fully saturated rings. The summed E-state index contributed by atoms with van der Waals surface area (Å²) in [5.41, 5.74) is 5.70. The van der Waals surface area contributed by atoms with Gasteiger partial charge in [0.1, 0.15) is 17.9 Å². The Labute approximate surface area is 96.0 Å². The van der Waals surface area contributed by atoms with E-state index in [4.69, 9.17) is 5.73 Å². The summed E-state index contributed by atoms with van der Waals surface area (Å²) in [6.45, 7) is 7.72. The topological polar surface area (TPSA) is 73.8 Å². The zero-order valence-electron chi connectivity index (χ0n) is 10.3. The third kappa shape index (κ3) is 2.88. The average molecular weight is 224 g/mol. The zero-order valence-corrected chi connectivity index (χ0v) is 10.3. The van der Waals surface area contributed by atoms with Crippen molar-refractivity contribution >= 4 is 5.78 Å². The lowest BCUT2D eigenvalue weighted by Gasteiger charge is -2.14. The minimum atomic E-state index is -0.141. The smallest absolute Gasteiger partial charge is 0.144 e. The number of carbonyl (C=O) groups excluding carboxylic acids is 1. The molecule has 1 heterocycles. The molecule has 0 aliphatic heterocycles. The highest BCUT2D eigenvalue weighted by Crippen LogP contribution is 2.10. The Morgan fingerprint density at radius 1 is 1.44 bits per heavy atom. The number of nitrogens with zero attached hydrogens (tertiary/aromatic N) is 3. The Kier molecular flexibility index (Phi) is 4.18. The van der Waals surface area contributed by atoms with Crippen LogP contribution in [0.15, 0.2) is 6.33 Å². The number of ketones is 1. The van der Waals surface area contributed by atoms with Crippen molar-refractivity contribution in [3.05, 3.63) is 12.2 Å². The van der Waals surface area contributed by atoms with Gasteiger partial charge < -0.3 is 5.73 Å². The van der Waals surface area contributed by atoms with E-state index in [1.807, 2.05) is 27.7 Å². The maximum atomic E-state index is 11.9. The van der Waals surface area contributed by atoms with Crippen molar-refractivity contribution in [1.82, 2.24) is 14.8 Å². The van der Waals surface area contributed by atoms with Gasteiger partial charge in [-0.15, -0.1) is 0 Å². The highest BCUT2D eigenvalue weighted by molar-refractivity contribution is 5.82. The molecule has 5 heteroatoms. The molecule has 1 rings (SSSR count). The molecule has 2 N–H and O–H groups in total. The fraction of sp³-hybridized carbons (Fsp3) is 0.727. The number of hydrogen-bond donors (Lipinski definition) is 1. The third-order valence-electron chi connectivity index (χ3n) is 2.77. The number of aromatic nitrogens is 3. The van der Waals surface area contributed by atoms with Crippen molar-refractivity contribution in [3.8, 4) is 0 Å². The Balaban J connectivity index is 2.73. The lowest BCUT2D eigenvalue weighted by atomic mass is 9.97. The first-order valence-corrected chi connectivity index (χ1v) is 5.60. The number of Topliss-reactive ketones (excluding diaryl/α,β-unsaturated/α-hetero) is 1. The Morgan fingerprint density at radius 2 is 2.06 bits per heavy atom. The molecule has 0 aromatic carbocycles. The summed E-state index contributed by atoms with van der Waals surface area (Å²) in [6.07, 6.45) is 1.79. The number of rotatable bonds is 5. The summed E-state index contributed by atoms with van der Waals surface area (Å²) in [7, 11) is 0. The van der Waals surface area contributed by atoms with E-state index in [-0.39, 0.29) is 23.8 Å². The van der Waals surface area contributed by atoms with Crippen LogP contribution in [0.4, 0.5) is 0 Å². The van der Waals surface area contributed by atoms with Gasteiger partial charge in [0, 0.05) is 18.0 Å². The van der Waals surface area contributed by atoms with Gasteiger partial charge in [0.2, 0.25) is 0 Å². The predicted octanol–water partition coefficient (Wildman–Crippen LogP) is 0.954. The fourth-order valence-electron chi connectivity index (χ4n) is 1.44. The molecule has 90 valence electrons. The summed E-state index contributed by atoms with van der Waals surface area (Å²) in [6, 6.07) is 0.0961. The molecule has 1 aromatic heterocycles. The van der Waals surface area contributed by atoms with Crippen molar-refractivity contribution in [1.29, 1.82) is 0 Å². The second kappa shape index (κ2) is 5.21. The first kappa shape index (κ1) is 12.8. The first-order valence-electron chi connectivity index (χ1n) is 5.60. The van der Waals surface area contributed by atoms with Crippen molar-refractivity contribution in [2.24, 2.45) is 11.7 Å². The van der Waals surface area contributed by atoms with Gasteiger partial charge in [-0.3, -0.25) is 4.79 Å². The number of carbonyl (C=O) groups is 1. The van der Waals surface area contributed by atoms with Gasteiger partial charge in [-0.2, -0.15) is 5.10 Å². The molecular formula is C11H20N4O. The highest BCUT2D eigenvalue weighted by atomic mass is 16.1. The van der Waals surface area contributed by atoms with Crippen LogP contribution in [0.25, 0.3) is 0 Å². The SMILES string of the molecule is CC(N)C(C)C(=O)Cc1ncnn1C(C)C. The lowest BCUT2D eigenvalue weighted by Crippen LogP contribution is -2.32. The molecule has 0 saturated heterocycles. The summed E-state index contributed by atoms with van der Waals surface area (Å²) < 4.78 is 1.77. The van der Waals surface area contributed by atoms with E-state index in [0.717, 1.165) is 0 Å². The Bertz CT molecular complexity index is 357. The monoisotopic (exact) mass is 224 g/mol. The Hall–Kier alpha value is -1.23. The van der Waals surface area contributed by atoms with Crippen LogP contribution in [0.1, 0.15) is 39.6 Å². The van der Waals surface area contributed by atoms with Crippen LogP contribution >= 0.6 is 0 Å². The molecule has 0 aliphatic carbocycles. The van der Waals surface area contributed by atoms with Gasteiger partial charge in [0.25, 0.3) is 0 Å². The molecule has 0 aliphatic rings. The standard InChI is InChI=1S/C11H20N4O/c1-7(2)15-11(13-6-14-15)5-10(16)8(3)9(4)12/h6-9H,5,12H2,1-4H3. The van der Waals surface area contributed by atoms with E-state index in [1.165, 1.54) is 6.33 Å². The van der Waals surface area contributed by atoms with E-state index in [0.29, 0.717) is 12.2 Å². The van der Waals surface area contributed by atoms with Crippen LogP contribution in [-0.4, -0.2) is 26.6 Å². The van der Waals surface area contributed by atoms with Gasteiger partial charge in [-0.1, -0.05) is 6.92 Å². The largest absolute Gasteiger partial charge is 0.327 e. The van der Waals surface area contributed by atoms with E-state index < -0.39 is 0 Å². The van der Waals surface area contributed by atoms with E-state index >= 15 is 0 Å². The molecule has 0 saturated carbocycles. The molecule has 5 nitrogen and oxygen atoms in total. The first-order chi connectivity index (χ1) is 7.43. The number of hydrogen-bond acceptors (Lipinski definition) is 4. The predicted molar refractivity (Wildman–Crippen MR) is 61.9 cm³/mol. The highest BCUT2D eigenvalue weighted by Gasteiger charge is 2.20. The summed E-state index contributed by atoms with van der Waals surface area (Å²) >= 11 is 0. The minimum absolute atomic E-state index is 0.116. The molecular weight excluding hydrogens is 204 g/mol. The van der Waals surface area contributed by atoms with Crippen LogP contribution in [0.3, 0.4) is 0 Å². The molecule has 0 radical (unpaired) electrons. The second-order valence-electron chi connectivity index (χ2n) is 4.51. The quantitative estimate of drug-likeness (QED) is 0.808. The van der Waals surface area contributed by atoms with Crippen LogP contribution in [0.5, 0.6) is 0 Å².